The fraction of sp³-hybridized carbons (Fsp3) is 0. The molecule has 8 rings (SSSR count). The van der Waals surface area contributed by atoms with Crippen molar-refractivity contribution in [1.29, 1.82) is 0 Å². The standard InChI is InChI=1S/C42H30N2/c1-5-16-31(17-6-1)32-18-15-19-33(28-32)38-29-42-39(37-26-13-14-27-40(37)44(42)36-24-11-4-12-25-36)30-41(38)43(34-20-7-2-8-21-34)35-22-9-3-10-23-35/h1-30H. The number of anilines is 3. The van der Waals surface area contributed by atoms with Crippen LogP contribution in [0.15, 0.2) is 182 Å². The monoisotopic (exact) mass is 562 g/mol. The third-order valence-electron chi connectivity index (χ3n) is 8.35. The first-order valence-electron chi connectivity index (χ1n) is 15.0. The van der Waals surface area contributed by atoms with Crippen molar-refractivity contribution in [3.8, 4) is 27.9 Å². The zero-order valence-corrected chi connectivity index (χ0v) is 24.2. The van der Waals surface area contributed by atoms with Gasteiger partial charge in [-0.15, -0.1) is 0 Å². The molecule has 0 aliphatic carbocycles. The Balaban J connectivity index is 1.48. The smallest absolute Gasteiger partial charge is 0.0548 e. The number of hydrogen-bond acceptors (Lipinski definition) is 1. The van der Waals surface area contributed by atoms with Gasteiger partial charge in [-0.1, -0.05) is 121 Å². The van der Waals surface area contributed by atoms with E-state index in [0.29, 0.717) is 0 Å². The van der Waals surface area contributed by atoms with Crippen LogP contribution in [-0.4, -0.2) is 4.57 Å². The SMILES string of the molecule is c1ccc(-c2cccc(-c3cc4c(cc3N(c3ccccc3)c3ccccc3)c3ccccc3n4-c3ccccc3)c2)cc1. The molecule has 0 atom stereocenters. The van der Waals surface area contributed by atoms with Crippen molar-refractivity contribution < 1.29 is 0 Å². The van der Waals surface area contributed by atoms with Gasteiger partial charge in [-0.2, -0.15) is 0 Å². The van der Waals surface area contributed by atoms with Crippen molar-refractivity contribution in [2.75, 3.05) is 4.90 Å². The highest BCUT2D eigenvalue weighted by molar-refractivity contribution is 6.13. The van der Waals surface area contributed by atoms with Gasteiger partial charge in [0, 0.05) is 33.4 Å². The molecule has 1 heterocycles. The van der Waals surface area contributed by atoms with Crippen molar-refractivity contribution >= 4 is 38.9 Å². The highest BCUT2D eigenvalue weighted by atomic mass is 15.1. The van der Waals surface area contributed by atoms with Crippen LogP contribution >= 0.6 is 0 Å². The largest absolute Gasteiger partial charge is 0.310 e. The van der Waals surface area contributed by atoms with Gasteiger partial charge in [0.25, 0.3) is 0 Å². The molecule has 0 bridgehead atoms. The average Bonchev–Trinajstić information content (AvgIpc) is 3.43. The summed E-state index contributed by atoms with van der Waals surface area (Å²) in [5.74, 6) is 0. The Labute approximate surface area is 257 Å². The Bertz CT molecular complexity index is 2160. The first kappa shape index (κ1) is 25.8. The van der Waals surface area contributed by atoms with Crippen molar-refractivity contribution in [3.63, 3.8) is 0 Å². The van der Waals surface area contributed by atoms with Crippen molar-refractivity contribution in [3.05, 3.63) is 182 Å². The van der Waals surface area contributed by atoms with Gasteiger partial charge in [0.05, 0.1) is 16.7 Å². The number of nitrogens with zero attached hydrogens (tertiary/aromatic N) is 2. The first-order valence-corrected chi connectivity index (χ1v) is 15.0. The van der Waals surface area contributed by atoms with E-state index in [2.05, 4.69) is 191 Å². The molecule has 0 saturated heterocycles. The van der Waals surface area contributed by atoms with E-state index in [9.17, 15) is 0 Å². The predicted octanol–water partition coefficient (Wildman–Crippen LogP) is 11.6. The molecule has 0 saturated carbocycles. The molecular weight excluding hydrogens is 532 g/mol. The Morgan fingerprint density at radius 1 is 0.364 bits per heavy atom. The number of fused-ring (bicyclic) bond motifs is 3. The van der Waals surface area contributed by atoms with Crippen LogP contribution in [-0.2, 0) is 0 Å². The van der Waals surface area contributed by atoms with Crippen LogP contribution in [0.3, 0.4) is 0 Å². The predicted molar refractivity (Wildman–Crippen MR) is 186 cm³/mol. The molecule has 0 amide bonds. The van der Waals surface area contributed by atoms with E-state index in [1.807, 2.05) is 0 Å². The summed E-state index contributed by atoms with van der Waals surface area (Å²) >= 11 is 0. The van der Waals surface area contributed by atoms with Gasteiger partial charge < -0.3 is 9.47 Å². The van der Waals surface area contributed by atoms with Gasteiger partial charge in [0.15, 0.2) is 0 Å². The zero-order valence-electron chi connectivity index (χ0n) is 24.2. The summed E-state index contributed by atoms with van der Waals surface area (Å²) in [4.78, 5) is 2.39. The maximum absolute atomic E-state index is 2.40. The molecule has 0 spiro atoms. The maximum Gasteiger partial charge on any atom is 0.0548 e. The zero-order chi connectivity index (χ0) is 29.3. The van der Waals surface area contributed by atoms with Crippen LogP contribution in [0.4, 0.5) is 17.1 Å². The van der Waals surface area contributed by atoms with E-state index in [-0.39, 0.29) is 0 Å². The summed E-state index contributed by atoms with van der Waals surface area (Å²) in [5, 5.41) is 2.46. The second-order valence-corrected chi connectivity index (χ2v) is 11.0. The number of benzene rings is 7. The lowest BCUT2D eigenvalue weighted by atomic mass is 9.96. The lowest BCUT2D eigenvalue weighted by molar-refractivity contribution is 1.18. The Hall–Kier alpha value is -5.86. The summed E-state index contributed by atoms with van der Waals surface area (Å²) in [6, 6.07) is 65.1. The van der Waals surface area contributed by atoms with Gasteiger partial charge >= 0.3 is 0 Å². The van der Waals surface area contributed by atoms with Crippen LogP contribution in [0.1, 0.15) is 0 Å². The van der Waals surface area contributed by atoms with E-state index < -0.39 is 0 Å². The third-order valence-corrected chi connectivity index (χ3v) is 8.35. The van der Waals surface area contributed by atoms with Crippen molar-refractivity contribution in [2.24, 2.45) is 0 Å². The summed E-state index contributed by atoms with van der Waals surface area (Å²) in [5.41, 5.74) is 11.6. The number of rotatable bonds is 6. The van der Waals surface area contributed by atoms with Crippen LogP contribution in [0.25, 0.3) is 49.7 Å². The molecule has 0 unspecified atom stereocenters. The van der Waals surface area contributed by atoms with Crippen LogP contribution in [0.5, 0.6) is 0 Å². The molecule has 2 heteroatoms. The third kappa shape index (κ3) is 4.54. The van der Waals surface area contributed by atoms with Gasteiger partial charge in [0.1, 0.15) is 0 Å². The van der Waals surface area contributed by atoms with E-state index in [4.69, 9.17) is 0 Å². The molecular formula is C42H30N2. The normalized spacial score (nSPS) is 11.2. The average molecular weight is 563 g/mol. The molecule has 0 aliphatic rings. The molecule has 0 N–H and O–H groups in total. The summed E-state index contributed by atoms with van der Waals surface area (Å²) in [6.07, 6.45) is 0. The molecule has 8 aromatic rings. The van der Waals surface area contributed by atoms with E-state index in [0.717, 1.165) is 22.7 Å². The number of aromatic nitrogens is 1. The summed E-state index contributed by atoms with van der Waals surface area (Å²) < 4.78 is 2.40. The van der Waals surface area contributed by atoms with Crippen LogP contribution in [0.2, 0.25) is 0 Å². The molecule has 44 heavy (non-hydrogen) atoms. The minimum atomic E-state index is 1.12. The summed E-state index contributed by atoms with van der Waals surface area (Å²) in [6.45, 7) is 0. The lowest BCUT2D eigenvalue weighted by Crippen LogP contribution is -2.11. The minimum absolute atomic E-state index is 1.12. The number of hydrogen-bond donors (Lipinski definition) is 0. The molecule has 7 aromatic carbocycles. The Morgan fingerprint density at radius 3 is 1.59 bits per heavy atom. The molecule has 208 valence electrons. The maximum atomic E-state index is 2.40. The molecule has 0 aliphatic heterocycles. The fourth-order valence-corrected chi connectivity index (χ4v) is 6.35. The van der Waals surface area contributed by atoms with E-state index >= 15 is 0 Å². The molecule has 0 fully saturated rings. The van der Waals surface area contributed by atoms with Gasteiger partial charge in [-0.05, 0) is 77.4 Å². The first-order chi connectivity index (χ1) is 21.8. The highest BCUT2D eigenvalue weighted by Crippen LogP contribution is 2.45. The highest BCUT2D eigenvalue weighted by Gasteiger charge is 2.22. The molecule has 1 aromatic heterocycles. The minimum Gasteiger partial charge on any atom is -0.310 e. The second kappa shape index (κ2) is 11.1. The van der Waals surface area contributed by atoms with Gasteiger partial charge in [-0.3, -0.25) is 0 Å². The van der Waals surface area contributed by atoms with Gasteiger partial charge in [-0.25, -0.2) is 0 Å². The second-order valence-electron chi connectivity index (χ2n) is 11.0. The lowest BCUT2D eigenvalue weighted by Gasteiger charge is -2.28. The Kier molecular flexibility index (Phi) is 6.51. The van der Waals surface area contributed by atoms with Crippen LogP contribution < -0.4 is 4.90 Å². The van der Waals surface area contributed by atoms with Crippen molar-refractivity contribution in [2.45, 2.75) is 0 Å². The van der Waals surface area contributed by atoms with Gasteiger partial charge in [0.2, 0.25) is 0 Å². The van der Waals surface area contributed by atoms with Crippen LogP contribution in [0, 0.1) is 0 Å². The fourth-order valence-electron chi connectivity index (χ4n) is 6.35. The summed E-state index contributed by atoms with van der Waals surface area (Å²) in [7, 11) is 0. The Morgan fingerprint density at radius 2 is 0.909 bits per heavy atom. The van der Waals surface area contributed by atoms with E-state index in [1.165, 1.54) is 44.1 Å². The molecule has 0 radical (unpaired) electrons. The molecule has 2 nitrogen and oxygen atoms in total. The number of para-hydroxylation sites is 4. The quantitative estimate of drug-likeness (QED) is 0.196. The topological polar surface area (TPSA) is 8.17 Å². The van der Waals surface area contributed by atoms with E-state index in [1.54, 1.807) is 0 Å². The van der Waals surface area contributed by atoms with Crippen molar-refractivity contribution in [1.82, 2.24) is 4.57 Å².